The van der Waals surface area contributed by atoms with Gasteiger partial charge in [-0.3, -0.25) is 4.79 Å². The van der Waals surface area contributed by atoms with Crippen LogP contribution in [0.2, 0.25) is 19.6 Å². The molecule has 0 fully saturated rings. The molecule has 18 heavy (non-hydrogen) atoms. The van der Waals surface area contributed by atoms with Crippen molar-refractivity contribution in [2.45, 2.75) is 39.9 Å². The molecule has 0 aromatic carbocycles. The van der Waals surface area contributed by atoms with Crippen molar-refractivity contribution in [1.82, 2.24) is 0 Å². The first kappa shape index (κ1) is 16.8. The number of allylic oxidation sites excluding steroid dienone is 1. The van der Waals surface area contributed by atoms with Gasteiger partial charge < -0.3 is 13.9 Å². The summed E-state index contributed by atoms with van der Waals surface area (Å²) in [6.07, 6.45) is 1.65. The average Bonchev–Trinajstić information content (AvgIpc) is 2.21. The normalized spacial score (nSPS) is 11.9. The standard InChI is InChI=1S/C13H24O4Si/c1-7-15-10-12(9-13(14)16-8-2)11(3)17-18(4,5)6/h10H,3,7-9H2,1-2,4-6H3. The van der Waals surface area contributed by atoms with Gasteiger partial charge in [-0.05, 0) is 33.5 Å². The predicted octanol–water partition coefficient (Wildman–Crippen LogP) is 3.23. The van der Waals surface area contributed by atoms with Crippen LogP contribution in [0.1, 0.15) is 20.3 Å². The van der Waals surface area contributed by atoms with Crippen molar-refractivity contribution in [3.8, 4) is 0 Å². The number of esters is 1. The fourth-order valence-corrected chi connectivity index (χ4v) is 2.06. The van der Waals surface area contributed by atoms with E-state index < -0.39 is 8.32 Å². The molecule has 5 heteroatoms. The zero-order valence-electron chi connectivity index (χ0n) is 12.0. The minimum absolute atomic E-state index is 0.122. The maximum Gasteiger partial charge on any atom is 0.310 e. The number of rotatable bonds is 8. The van der Waals surface area contributed by atoms with Crippen LogP contribution in [0.5, 0.6) is 0 Å². The van der Waals surface area contributed by atoms with Crippen molar-refractivity contribution in [2.24, 2.45) is 0 Å². The number of hydrogen-bond donors (Lipinski definition) is 0. The number of carbonyl (C=O) groups is 1. The molecule has 4 nitrogen and oxygen atoms in total. The Bertz CT molecular complexity index is 315. The first-order chi connectivity index (χ1) is 8.30. The maximum absolute atomic E-state index is 11.5. The lowest BCUT2D eigenvalue weighted by Crippen LogP contribution is -2.25. The molecule has 0 aromatic heterocycles. The molecule has 0 spiro atoms. The highest BCUT2D eigenvalue weighted by Crippen LogP contribution is 2.19. The Labute approximate surface area is 111 Å². The van der Waals surface area contributed by atoms with Gasteiger partial charge in [-0.25, -0.2) is 0 Å². The lowest BCUT2D eigenvalue weighted by molar-refractivity contribution is -0.142. The highest BCUT2D eigenvalue weighted by Gasteiger charge is 2.20. The molecule has 0 heterocycles. The van der Waals surface area contributed by atoms with Crippen LogP contribution in [0.3, 0.4) is 0 Å². The first-order valence-corrected chi connectivity index (χ1v) is 9.55. The molecule has 0 radical (unpaired) electrons. The van der Waals surface area contributed by atoms with Crippen LogP contribution in [0, 0.1) is 0 Å². The quantitative estimate of drug-likeness (QED) is 0.294. The first-order valence-electron chi connectivity index (χ1n) is 6.14. The van der Waals surface area contributed by atoms with Crippen molar-refractivity contribution >= 4 is 14.3 Å². The molecular weight excluding hydrogens is 248 g/mol. The Balaban J connectivity index is 4.68. The summed E-state index contributed by atoms with van der Waals surface area (Å²) in [6, 6.07) is 0. The molecule has 0 aromatic rings. The summed E-state index contributed by atoms with van der Waals surface area (Å²) in [5.74, 6) is 0.194. The molecule has 104 valence electrons. The van der Waals surface area contributed by atoms with Crippen molar-refractivity contribution in [3.63, 3.8) is 0 Å². The smallest absolute Gasteiger partial charge is 0.310 e. The summed E-state index contributed by atoms with van der Waals surface area (Å²) in [4.78, 5) is 11.5. The second-order valence-corrected chi connectivity index (χ2v) is 9.15. The van der Waals surface area contributed by atoms with Crippen LogP contribution in [0.4, 0.5) is 0 Å². The Kier molecular flexibility index (Phi) is 7.43. The minimum atomic E-state index is -1.74. The number of hydrogen-bond acceptors (Lipinski definition) is 4. The summed E-state index contributed by atoms with van der Waals surface area (Å²) < 4.78 is 15.9. The minimum Gasteiger partial charge on any atom is -0.544 e. The van der Waals surface area contributed by atoms with Crippen molar-refractivity contribution < 1.29 is 18.7 Å². The molecule has 0 unspecified atom stereocenters. The van der Waals surface area contributed by atoms with E-state index in [1.54, 1.807) is 6.92 Å². The molecule has 0 saturated heterocycles. The van der Waals surface area contributed by atoms with E-state index in [0.29, 0.717) is 24.5 Å². The zero-order valence-corrected chi connectivity index (χ0v) is 13.0. The van der Waals surface area contributed by atoms with Gasteiger partial charge in [-0.1, -0.05) is 6.58 Å². The highest BCUT2D eigenvalue weighted by molar-refractivity contribution is 6.70. The molecule has 0 bridgehead atoms. The molecule has 0 saturated carbocycles. The predicted molar refractivity (Wildman–Crippen MR) is 74.5 cm³/mol. The average molecular weight is 272 g/mol. The van der Waals surface area contributed by atoms with Gasteiger partial charge >= 0.3 is 5.97 Å². The lowest BCUT2D eigenvalue weighted by atomic mass is 10.2. The van der Waals surface area contributed by atoms with Gasteiger partial charge in [0.15, 0.2) is 0 Å². The van der Waals surface area contributed by atoms with Gasteiger partial charge in [0.05, 0.1) is 25.9 Å². The second-order valence-electron chi connectivity index (χ2n) is 4.72. The van der Waals surface area contributed by atoms with E-state index in [9.17, 15) is 4.79 Å². The van der Waals surface area contributed by atoms with E-state index in [0.717, 1.165) is 0 Å². The van der Waals surface area contributed by atoms with Crippen LogP contribution in [0.25, 0.3) is 0 Å². The Morgan fingerprint density at radius 2 is 1.83 bits per heavy atom. The van der Waals surface area contributed by atoms with E-state index in [2.05, 4.69) is 26.2 Å². The largest absolute Gasteiger partial charge is 0.544 e. The topological polar surface area (TPSA) is 44.8 Å². The van der Waals surface area contributed by atoms with E-state index in [1.165, 1.54) is 6.26 Å². The SMILES string of the molecule is C=C(O[Si](C)(C)C)C(=COCC)CC(=O)OCC. The molecule has 0 aliphatic heterocycles. The van der Waals surface area contributed by atoms with E-state index in [4.69, 9.17) is 13.9 Å². The molecule has 0 rings (SSSR count). The third-order valence-electron chi connectivity index (χ3n) is 1.82. The van der Waals surface area contributed by atoms with E-state index in [-0.39, 0.29) is 12.4 Å². The number of ether oxygens (including phenoxy) is 2. The molecule has 0 amide bonds. The Morgan fingerprint density at radius 1 is 1.22 bits per heavy atom. The molecule has 0 N–H and O–H groups in total. The molecule has 0 atom stereocenters. The summed E-state index contributed by atoms with van der Waals surface area (Å²) in [6.45, 7) is 14.6. The Morgan fingerprint density at radius 3 is 2.28 bits per heavy atom. The van der Waals surface area contributed by atoms with Crippen LogP contribution < -0.4 is 0 Å². The van der Waals surface area contributed by atoms with Crippen molar-refractivity contribution in [3.05, 3.63) is 24.2 Å². The molecular formula is C13H24O4Si. The maximum atomic E-state index is 11.5. The third kappa shape index (κ3) is 7.95. The van der Waals surface area contributed by atoms with Crippen LogP contribution in [-0.2, 0) is 18.7 Å². The fraction of sp³-hybridized carbons (Fsp3) is 0.615. The zero-order chi connectivity index (χ0) is 14.2. The van der Waals surface area contributed by atoms with Crippen molar-refractivity contribution in [1.29, 1.82) is 0 Å². The van der Waals surface area contributed by atoms with Gasteiger partial charge in [0.25, 0.3) is 0 Å². The van der Waals surface area contributed by atoms with Gasteiger partial charge in [0.1, 0.15) is 5.76 Å². The summed E-state index contributed by atoms with van der Waals surface area (Å²) in [5.41, 5.74) is 0.637. The fourth-order valence-electron chi connectivity index (χ4n) is 1.19. The summed E-state index contributed by atoms with van der Waals surface area (Å²) in [7, 11) is -1.74. The van der Waals surface area contributed by atoms with Crippen LogP contribution in [0.15, 0.2) is 24.2 Å². The monoisotopic (exact) mass is 272 g/mol. The van der Waals surface area contributed by atoms with Gasteiger partial charge in [-0.2, -0.15) is 0 Å². The van der Waals surface area contributed by atoms with E-state index in [1.807, 2.05) is 6.92 Å². The third-order valence-corrected chi connectivity index (χ3v) is 2.68. The lowest BCUT2D eigenvalue weighted by Gasteiger charge is -2.22. The van der Waals surface area contributed by atoms with Crippen LogP contribution >= 0.6 is 0 Å². The Hall–Kier alpha value is -1.23. The summed E-state index contributed by atoms with van der Waals surface area (Å²) >= 11 is 0. The highest BCUT2D eigenvalue weighted by atomic mass is 28.4. The summed E-state index contributed by atoms with van der Waals surface area (Å²) in [5, 5.41) is 0. The number of carbonyl (C=O) groups excluding carboxylic acids is 1. The van der Waals surface area contributed by atoms with Gasteiger partial charge in [0, 0.05) is 5.57 Å². The molecule has 0 aliphatic carbocycles. The second kappa shape index (κ2) is 7.97. The van der Waals surface area contributed by atoms with E-state index >= 15 is 0 Å². The molecule has 0 aliphatic rings. The van der Waals surface area contributed by atoms with Crippen LogP contribution in [-0.4, -0.2) is 27.5 Å². The van der Waals surface area contributed by atoms with Gasteiger partial charge in [-0.15, -0.1) is 0 Å². The van der Waals surface area contributed by atoms with Crippen molar-refractivity contribution in [2.75, 3.05) is 13.2 Å². The van der Waals surface area contributed by atoms with Gasteiger partial charge in [0.2, 0.25) is 8.32 Å².